The van der Waals surface area contributed by atoms with Crippen LogP contribution in [0.1, 0.15) is 29.9 Å². The van der Waals surface area contributed by atoms with E-state index in [1.54, 1.807) is 36.4 Å². The molecular weight excluding hydrogens is 779 g/mol. The van der Waals surface area contributed by atoms with E-state index in [9.17, 15) is 24.8 Å². The minimum atomic E-state index is -1.78. The number of non-ortho nitro benzene ring substituents is 1. The van der Waals surface area contributed by atoms with E-state index in [-0.39, 0.29) is 57.7 Å². The summed E-state index contributed by atoms with van der Waals surface area (Å²) in [7, 11) is 4.31. The molecule has 6 atom stereocenters. The van der Waals surface area contributed by atoms with Crippen LogP contribution in [-0.2, 0) is 24.6 Å². The third-order valence-corrected chi connectivity index (χ3v) is 12.3. The van der Waals surface area contributed by atoms with Gasteiger partial charge in [-0.15, -0.1) is 0 Å². The Kier molecular flexibility index (Phi) is 9.36. The van der Waals surface area contributed by atoms with Crippen LogP contribution in [0.25, 0.3) is 0 Å². The maximum Gasteiger partial charge on any atom is 0.271 e. The number of rotatable bonds is 9. The molecule has 0 bridgehead atoms. The number of nitro groups is 1. The summed E-state index contributed by atoms with van der Waals surface area (Å²) >= 11 is 12.7. The van der Waals surface area contributed by atoms with Crippen LogP contribution in [0.15, 0.2) is 90.5 Å². The number of anilines is 2. The number of nitrogens with zero attached hydrogens (tertiary/aromatic N) is 3. The lowest BCUT2D eigenvalue weighted by atomic mass is 9.49. The third kappa shape index (κ3) is 5.68. The highest BCUT2D eigenvalue weighted by atomic mass is 35.5. The van der Waals surface area contributed by atoms with Gasteiger partial charge >= 0.3 is 0 Å². The number of hydrazine groups is 1. The van der Waals surface area contributed by atoms with Gasteiger partial charge in [0.2, 0.25) is 11.8 Å². The highest BCUT2D eigenvalue weighted by molar-refractivity contribution is 6.36. The molecule has 3 fully saturated rings. The van der Waals surface area contributed by atoms with Crippen LogP contribution in [0.2, 0.25) is 10.0 Å². The molecule has 4 amide bonds. The fourth-order valence-corrected chi connectivity index (χ4v) is 9.77. The molecular formula is C41H34Cl2N4O10. The number of imide groups is 2. The Hall–Kier alpha value is -6.12. The summed E-state index contributed by atoms with van der Waals surface area (Å²) in [5.74, 6) is -6.92. The number of carbonyl (C=O) groups is 4. The summed E-state index contributed by atoms with van der Waals surface area (Å²) < 4.78 is 16.8. The lowest BCUT2D eigenvalue weighted by Gasteiger charge is -2.50. The molecule has 2 aliphatic heterocycles. The number of hydrogen-bond acceptors (Lipinski definition) is 11. The minimum Gasteiger partial charge on any atom is -0.507 e. The maximum atomic E-state index is 15.6. The van der Waals surface area contributed by atoms with Crippen molar-refractivity contribution in [2.75, 3.05) is 31.7 Å². The van der Waals surface area contributed by atoms with Crippen molar-refractivity contribution in [3.8, 4) is 23.0 Å². The molecule has 2 aliphatic carbocycles. The Morgan fingerprint density at radius 2 is 1.60 bits per heavy atom. The predicted molar refractivity (Wildman–Crippen MR) is 207 cm³/mol. The first-order valence-electron chi connectivity index (χ1n) is 17.9. The summed E-state index contributed by atoms with van der Waals surface area (Å²) in [6.07, 6.45) is 1.82. The average molecular weight is 814 g/mol. The lowest BCUT2D eigenvalue weighted by Crippen LogP contribution is -2.53. The Morgan fingerprint density at radius 1 is 0.860 bits per heavy atom. The van der Waals surface area contributed by atoms with E-state index < -0.39 is 63.6 Å². The number of hydrogen-bond donors (Lipinski definition) is 2. The van der Waals surface area contributed by atoms with E-state index >= 15 is 9.59 Å². The van der Waals surface area contributed by atoms with Crippen molar-refractivity contribution in [2.24, 2.45) is 23.7 Å². The van der Waals surface area contributed by atoms with E-state index in [0.29, 0.717) is 21.9 Å². The summed E-state index contributed by atoms with van der Waals surface area (Å²) in [5.41, 5.74) is 2.23. The SMILES string of the molecule is COc1ccc(C23C(=O)N(Nc4ccc(Cl)cc4Cl)C(=O)C2CC2C(=CCC4C(=O)N(c5cccc([N+](=O)[O-])c5)C(=O)C42)C3c2c(O)cc(OC)cc2OC)cc1. The molecule has 2 heterocycles. The van der Waals surface area contributed by atoms with Gasteiger partial charge in [0.15, 0.2) is 0 Å². The highest BCUT2D eigenvalue weighted by Gasteiger charge is 2.71. The molecule has 4 aliphatic rings. The number of methoxy groups -OCH3 is 3. The number of phenols is 1. The molecule has 14 nitrogen and oxygen atoms in total. The number of amides is 4. The van der Waals surface area contributed by atoms with Crippen LogP contribution in [0.5, 0.6) is 23.0 Å². The summed E-state index contributed by atoms with van der Waals surface area (Å²) in [5, 5.41) is 25.0. The van der Waals surface area contributed by atoms with Gasteiger partial charge in [-0.1, -0.05) is 53.1 Å². The van der Waals surface area contributed by atoms with Gasteiger partial charge in [-0.25, -0.2) is 4.90 Å². The quantitative estimate of drug-likeness (QED) is 0.0784. The summed E-state index contributed by atoms with van der Waals surface area (Å²) in [4.78, 5) is 71.4. The van der Waals surface area contributed by atoms with Crippen LogP contribution < -0.4 is 24.5 Å². The predicted octanol–water partition coefficient (Wildman–Crippen LogP) is 6.82. The zero-order valence-electron chi connectivity index (χ0n) is 30.6. The van der Waals surface area contributed by atoms with Gasteiger partial charge in [0.25, 0.3) is 17.5 Å². The maximum absolute atomic E-state index is 15.6. The van der Waals surface area contributed by atoms with Crippen molar-refractivity contribution in [2.45, 2.75) is 24.2 Å². The lowest BCUT2D eigenvalue weighted by molar-refractivity contribution is -0.384. The zero-order valence-corrected chi connectivity index (χ0v) is 32.1. The van der Waals surface area contributed by atoms with Gasteiger partial charge < -0.3 is 19.3 Å². The Balaban J connectivity index is 1.36. The third-order valence-electron chi connectivity index (χ3n) is 11.7. The molecule has 0 radical (unpaired) electrons. The van der Waals surface area contributed by atoms with Gasteiger partial charge in [-0.05, 0) is 60.7 Å². The second-order valence-corrected chi connectivity index (χ2v) is 15.1. The number of allylic oxidation sites excluding steroid dienone is 2. The standard InChI is InChI=1S/C41H34Cl2N4O10/c1-55-24-10-7-20(8-11-24)41-29(38(50)46(40(41)52)44-31-14-9-21(42)15-30(31)43)19-28-26(36(41)35-32(48)17-25(56-2)18-33(35)57-3)12-13-27-34(28)39(51)45(37(27)49)22-5-4-6-23(16-22)47(53)54/h4-12,14-18,27-29,34,36,44,48H,13,19H2,1-3H3. The number of benzene rings is 4. The second kappa shape index (κ2) is 14.1. The van der Waals surface area contributed by atoms with Crippen molar-refractivity contribution in [1.29, 1.82) is 0 Å². The normalized spacial score (nSPS) is 25.1. The smallest absolute Gasteiger partial charge is 0.271 e. The van der Waals surface area contributed by atoms with Crippen molar-refractivity contribution >= 4 is 63.9 Å². The van der Waals surface area contributed by atoms with E-state index in [0.717, 1.165) is 9.91 Å². The van der Waals surface area contributed by atoms with Crippen molar-refractivity contribution in [1.82, 2.24) is 5.01 Å². The molecule has 2 saturated heterocycles. The van der Waals surface area contributed by atoms with Gasteiger partial charge in [-0.3, -0.25) is 34.7 Å². The Bertz CT molecular complexity index is 2420. The number of halogens is 2. The van der Waals surface area contributed by atoms with Crippen LogP contribution in [-0.4, -0.2) is 60.0 Å². The van der Waals surface area contributed by atoms with E-state index in [2.05, 4.69) is 5.43 Å². The molecule has 4 aromatic rings. The number of ether oxygens (including phenoxy) is 3. The first kappa shape index (κ1) is 37.8. The number of phenolic OH excluding ortho intramolecular Hbond substituents is 1. The average Bonchev–Trinajstić information content (AvgIpc) is 3.59. The van der Waals surface area contributed by atoms with E-state index in [1.807, 2.05) is 6.08 Å². The first-order valence-corrected chi connectivity index (χ1v) is 18.6. The Morgan fingerprint density at radius 3 is 2.26 bits per heavy atom. The van der Waals surface area contributed by atoms with Gasteiger partial charge in [0.05, 0.1) is 65.8 Å². The Labute approximate surface area is 335 Å². The number of nitrogens with one attached hydrogen (secondary N) is 1. The van der Waals surface area contributed by atoms with Gasteiger partial charge in [-0.2, -0.15) is 5.01 Å². The highest BCUT2D eigenvalue weighted by Crippen LogP contribution is 2.66. The summed E-state index contributed by atoms with van der Waals surface area (Å²) in [6.45, 7) is 0. The molecule has 2 N–H and O–H groups in total. The van der Waals surface area contributed by atoms with Crippen LogP contribution >= 0.6 is 23.2 Å². The van der Waals surface area contributed by atoms with Crippen LogP contribution in [0.4, 0.5) is 17.1 Å². The largest absolute Gasteiger partial charge is 0.507 e. The van der Waals surface area contributed by atoms with Gasteiger partial charge in [0.1, 0.15) is 23.0 Å². The number of nitro benzene ring substituents is 1. The number of fused-ring (bicyclic) bond motifs is 4. The molecule has 57 heavy (non-hydrogen) atoms. The topological polar surface area (TPSA) is 178 Å². The molecule has 16 heteroatoms. The monoisotopic (exact) mass is 812 g/mol. The fraction of sp³-hybridized carbons (Fsp3) is 0.268. The molecule has 4 aromatic carbocycles. The molecule has 1 saturated carbocycles. The van der Waals surface area contributed by atoms with Crippen molar-refractivity contribution in [3.63, 3.8) is 0 Å². The molecule has 8 rings (SSSR count). The van der Waals surface area contributed by atoms with Crippen molar-refractivity contribution < 1.29 is 43.4 Å². The van der Waals surface area contributed by atoms with E-state index in [4.69, 9.17) is 37.4 Å². The van der Waals surface area contributed by atoms with Crippen LogP contribution in [0, 0.1) is 33.8 Å². The van der Waals surface area contributed by atoms with E-state index in [1.165, 1.54) is 63.8 Å². The minimum absolute atomic E-state index is 0.0481. The first-order chi connectivity index (χ1) is 27.3. The fourth-order valence-electron chi connectivity index (χ4n) is 9.32. The van der Waals surface area contributed by atoms with Crippen LogP contribution in [0.3, 0.4) is 0 Å². The second-order valence-electron chi connectivity index (χ2n) is 14.3. The molecule has 0 aromatic heterocycles. The van der Waals surface area contributed by atoms with Gasteiger partial charge in [0, 0.05) is 40.8 Å². The number of aromatic hydroxyl groups is 1. The molecule has 6 unspecified atom stereocenters. The molecule has 292 valence electrons. The summed E-state index contributed by atoms with van der Waals surface area (Å²) in [6, 6.07) is 19.5. The number of carbonyl (C=O) groups excluding carboxylic acids is 4. The zero-order chi connectivity index (χ0) is 40.5. The van der Waals surface area contributed by atoms with Crippen molar-refractivity contribution in [3.05, 3.63) is 122 Å². The molecule has 0 spiro atoms.